The molecule has 2 aromatic rings. The number of benzene rings is 1. The molecule has 7 heteroatoms. The van der Waals surface area contributed by atoms with Crippen LogP contribution in [-0.2, 0) is 22.4 Å². The third-order valence-corrected chi connectivity index (χ3v) is 5.05. The Morgan fingerprint density at radius 3 is 2.70 bits per heavy atom. The van der Waals surface area contributed by atoms with Crippen molar-refractivity contribution in [1.29, 1.82) is 0 Å². The van der Waals surface area contributed by atoms with E-state index in [1.54, 1.807) is 30.6 Å². The molecule has 1 aliphatic rings. The number of pyridine rings is 1. The van der Waals surface area contributed by atoms with Crippen LogP contribution in [0.4, 0.5) is 4.39 Å². The smallest absolute Gasteiger partial charge is 0.314 e. The summed E-state index contributed by atoms with van der Waals surface area (Å²) >= 11 is 0. The number of piperidine rings is 1. The highest BCUT2D eigenvalue weighted by Crippen LogP contribution is 2.35. The number of aliphatic hydroxyl groups excluding tert-OH is 1. The first-order chi connectivity index (χ1) is 12.9. The number of carboxylic acids is 1. The number of hydrogen-bond donors (Lipinski definition) is 2. The first kappa shape index (κ1) is 19.0. The second-order valence-electron chi connectivity index (χ2n) is 6.93. The van der Waals surface area contributed by atoms with Gasteiger partial charge in [-0.05, 0) is 42.2 Å². The Morgan fingerprint density at radius 2 is 2.04 bits per heavy atom. The highest BCUT2D eigenvalue weighted by atomic mass is 19.1. The zero-order chi connectivity index (χ0) is 19.4. The van der Waals surface area contributed by atoms with Crippen molar-refractivity contribution in [1.82, 2.24) is 9.88 Å². The maximum atomic E-state index is 13.5. The van der Waals surface area contributed by atoms with Gasteiger partial charge in [0, 0.05) is 25.5 Å². The predicted octanol–water partition coefficient (Wildman–Crippen LogP) is 1.67. The van der Waals surface area contributed by atoms with E-state index in [9.17, 15) is 24.2 Å². The van der Waals surface area contributed by atoms with Crippen molar-refractivity contribution < 1.29 is 24.2 Å². The van der Waals surface area contributed by atoms with Gasteiger partial charge in [-0.15, -0.1) is 0 Å². The maximum Gasteiger partial charge on any atom is 0.314 e. The normalized spacial score (nSPS) is 22.4. The van der Waals surface area contributed by atoms with Crippen LogP contribution in [0, 0.1) is 11.2 Å². The first-order valence-electron chi connectivity index (χ1n) is 8.73. The molecule has 1 aliphatic heterocycles. The standard InChI is InChI=1S/C20H21FN2O4/c21-16-5-1-3-14(9-16)11-20(19(26)27)13-23(8-6-17(20)24)18(25)10-15-4-2-7-22-12-15/h1-5,7,9,12,17,24H,6,8,10-11,13H2,(H,26,27)/t17-,20+/m0/s1. The number of hydrogen-bond acceptors (Lipinski definition) is 4. The lowest BCUT2D eigenvalue weighted by Gasteiger charge is -2.43. The van der Waals surface area contributed by atoms with Crippen LogP contribution in [0.15, 0.2) is 48.8 Å². The number of rotatable bonds is 5. The Morgan fingerprint density at radius 1 is 1.26 bits per heavy atom. The van der Waals surface area contributed by atoms with E-state index >= 15 is 0 Å². The van der Waals surface area contributed by atoms with Gasteiger partial charge in [0.15, 0.2) is 0 Å². The fourth-order valence-corrected chi connectivity index (χ4v) is 3.55. The van der Waals surface area contributed by atoms with Gasteiger partial charge in [0.2, 0.25) is 5.91 Å². The molecule has 0 aliphatic carbocycles. The molecule has 1 aromatic carbocycles. The van der Waals surface area contributed by atoms with E-state index in [1.807, 2.05) is 0 Å². The summed E-state index contributed by atoms with van der Waals surface area (Å²) in [5, 5.41) is 20.4. The molecule has 0 radical (unpaired) electrons. The van der Waals surface area contributed by atoms with Crippen LogP contribution in [0.5, 0.6) is 0 Å². The highest BCUT2D eigenvalue weighted by Gasteiger charge is 2.50. The molecule has 2 atom stereocenters. The Balaban J connectivity index is 1.82. The number of nitrogens with zero attached hydrogens (tertiary/aromatic N) is 2. The molecule has 1 saturated heterocycles. The largest absolute Gasteiger partial charge is 0.481 e. The Kier molecular flexibility index (Phi) is 5.51. The first-order valence-corrected chi connectivity index (χ1v) is 8.73. The molecule has 2 heterocycles. The summed E-state index contributed by atoms with van der Waals surface area (Å²) in [6.07, 6.45) is 2.28. The predicted molar refractivity (Wildman–Crippen MR) is 95.3 cm³/mol. The summed E-state index contributed by atoms with van der Waals surface area (Å²) in [7, 11) is 0. The molecular formula is C20H21FN2O4. The lowest BCUT2D eigenvalue weighted by Crippen LogP contribution is -2.58. The van der Waals surface area contributed by atoms with E-state index in [4.69, 9.17) is 0 Å². The van der Waals surface area contributed by atoms with Crippen LogP contribution < -0.4 is 0 Å². The Bertz CT molecular complexity index is 830. The quantitative estimate of drug-likeness (QED) is 0.833. The van der Waals surface area contributed by atoms with Crippen molar-refractivity contribution in [2.24, 2.45) is 5.41 Å². The summed E-state index contributed by atoms with van der Waals surface area (Å²) in [6.45, 7) is 0.150. The number of aromatic nitrogens is 1. The number of aliphatic carboxylic acids is 1. The van der Waals surface area contributed by atoms with Crippen molar-refractivity contribution >= 4 is 11.9 Å². The summed E-state index contributed by atoms with van der Waals surface area (Å²) in [4.78, 5) is 30.2. The minimum Gasteiger partial charge on any atom is -0.481 e. The fourth-order valence-electron chi connectivity index (χ4n) is 3.55. The van der Waals surface area contributed by atoms with Crippen molar-refractivity contribution in [3.05, 3.63) is 65.7 Å². The van der Waals surface area contributed by atoms with Crippen LogP contribution in [-0.4, -0.2) is 51.2 Å². The SMILES string of the molecule is O=C(Cc1cccnc1)N1CC[C@H](O)[C@](Cc2cccc(F)c2)(C(=O)O)C1. The van der Waals surface area contributed by atoms with E-state index in [0.29, 0.717) is 5.56 Å². The summed E-state index contributed by atoms with van der Waals surface area (Å²) in [5.41, 5.74) is -0.367. The second-order valence-corrected chi connectivity index (χ2v) is 6.93. The van der Waals surface area contributed by atoms with Gasteiger partial charge in [-0.3, -0.25) is 14.6 Å². The minimum absolute atomic E-state index is 0.0576. The lowest BCUT2D eigenvalue weighted by atomic mass is 9.72. The van der Waals surface area contributed by atoms with Gasteiger partial charge < -0.3 is 15.1 Å². The number of carbonyl (C=O) groups is 2. The Labute approximate surface area is 156 Å². The third kappa shape index (κ3) is 4.14. The van der Waals surface area contributed by atoms with Gasteiger partial charge in [-0.1, -0.05) is 18.2 Å². The van der Waals surface area contributed by atoms with Crippen LogP contribution in [0.25, 0.3) is 0 Å². The van der Waals surface area contributed by atoms with Crippen molar-refractivity contribution in [3.8, 4) is 0 Å². The number of halogens is 1. The van der Waals surface area contributed by atoms with Crippen molar-refractivity contribution in [2.45, 2.75) is 25.4 Å². The van der Waals surface area contributed by atoms with E-state index in [1.165, 1.54) is 23.1 Å². The Hall–Kier alpha value is -2.80. The highest BCUT2D eigenvalue weighted by molar-refractivity contribution is 5.82. The molecule has 1 fully saturated rings. The molecule has 0 spiro atoms. The number of aliphatic hydroxyl groups is 1. The van der Waals surface area contributed by atoms with E-state index < -0.39 is 23.3 Å². The van der Waals surface area contributed by atoms with Crippen molar-refractivity contribution in [3.63, 3.8) is 0 Å². The summed E-state index contributed by atoms with van der Waals surface area (Å²) < 4.78 is 13.5. The molecule has 2 N–H and O–H groups in total. The minimum atomic E-state index is -1.57. The molecule has 0 bridgehead atoms. The average molecular weight is 372 g/mol. The fraction of sp³-hybridized carbons (Fsp3) is 0.350. The number of likely N-dealkylation sites (tertiary alicyclic amines) is 1. The summed E-state index contributed by atoms with van der Waals surface area (Å²) in [6, 6.07) is 9.17. The molecule has 1 aromatic heterocycles. The van der Waals surface area contributed by atoms with E-state index in [2.05, 4.69) is 4.98 Å². The molecule has 6 nitrogen and oxygen atoms in total. The number of amides is 1. The molecule has 0 saturated carbocycles. The van der Waals surface area contributed by atoms with Crippen LogP contribution in [0.2, 0.25) is 0 Å². The molecule has 142 valence electrons. The third-order valence-electron chi connectivity index (χ3n) is 5.05. The lowest BCUT2D eigenvalue weighted by molar-refractivity contribution is -0.165. The molecule has 3 rings (SSSR count). The van der Waals surface area contributed by atoms with Crippen molar-refractivity contribution in [2.75, 3.05) is 13.1 Å². The van der Waals surface area contributed by atoms with Crippen LogP contribution in [0.1, 0.15) is 17.5 Å². The topological polar surface area (TPSA) is 90.7 Å². The molecule has 1 amide bonds. The van der Waals surface area contributed by atoms with Gasteiger partial charge in [0.25, 0.3) is 0 Å². The van der Waals surface area contributed by atoms with E-state index in [0.717, 1.165) is 5.56 Å². The second kappa shape index (κ2) is 7.84. The van der Waals surface area contributed by atoms with Gasteiger partial charge in [0.1, 0.15) is 11.2 Å². The van der Waals surface area contributed by atoms with Gasteiger partial charge in [-0.2, -0.15) is 0 Å². The molecule has 0 unspecified atom stereocenters. The average Bonchev–Trinajstić information content (AvgIpc) is 2.64. The van der Waals surface area contributed by atoms with E-state index in [-0.39, 0.29) is 38.3 Å². The number of carboxylic acid groups (broad SMARTS) is 1. The van der Waals surface area contributed by atoms with Gasteiger partial charge in [0.05, 0.1) is 12.5 Å². The van der Waals surface area contributed by atoms with Crippen LogP contribution >= 0.6 is 0 Å². The summed E-state index contributed by atoms with van der Waals surface area (Å²) in [5.74, 6) is -1.89. The van der Waals surface area contributed by atoms with Gasteiger partial charge in [-0.25, -0.2) is 4.39 Å². The van der Waals surface area contributed by atoms with Gasteiger partial charge >= 0.3 is 5.97 Å². The van der Waals surface area contributed by atoms with Crippen LogP contribution in [0.3, 0.4) is 0 Å². The maximum absolute atomic E-state index is 13.5. The zero-order valence-corrected chi connectivity index (χ0v) is 14.7. The molecular weight excluding hydrogens is 351 g/mol. The molecule has 27 heavy (non-hydrogen) atoms. The number of carbonyl (C=O) groups excluding carboxylic acids is 1. The zero-order valence-electron chi connectivity index (χ0n) is 14.7. The monoisotopic (exact) mass is 372 g/mol.